The number of rotatable bonds is 3. The van der Waals surface area contributed by atoms with Crippen LogP contribution in [-0.2, 0) is 4.79 Å². The Labute approximate surface area is 84.9 Å². The summed E-state index contributed by atoms with van der Waals surface area (Å²) in [5, 5.41) is 0. The number of carbonyl (C=O) groups is 1. The molecule has 2 heteroatoms. The third kappa shape index (κ3) is 2.22. The first-order valence-corrected chi connectivity index (χ1v) is 4.61. The van der Waals surface area contributed by atoms with Crippen LogP contribution in [0.1, 0.15) is 12.5 Å². The molecule has 0 aliphatic rings. The minimum absolute atomic E-state index is 0.0409. The van der Waals surface area contributed by atoms with Crippen LogP contribution >= 0.6 is 0 Å². The van der Waals surface area contributed by atoms with E-state index in [0.29, 0.717) is 6.54 Å². The van der Waals surface area contributed by atoms with Crippen molar-refractivity contribution >= 4 is 11.6 Å². The molecule has 0 aliphatic heterocycles. The van der Waals surface area contributed by atoms with E-state index in [1.54, 1.807) is 17.9 Å². The monoisotopic (exact) mass is 189 g/mol. The zero-order valence-electron chi connectivity index (χ0n) is 8.66. The molecule has 0 aromatic heterocycles. The number of anilines is 1. The van der Waals surface area contributed by atoms with Gasteiger partial charge in [0.1, 0.15) is 0 Å². The van der Waals surface area contributed by atoms with Crippen LogP contribution in [0.4, 0.5) is 5.69 Å². The SMILES string of the molecule is C=CCN(C(C)=O)c1ccccc1C. The fourth-order valence-corrected chi connectivity index (χ4v) is 1.39. The van der Waals surface area contributed by atoms with Crippen molar-refractivity contribution in [3.63, 3.8) is 0 Å². The zero-order chi connectivity index (χ0) is 10.6. The van der Waals surface area contributed by atoms with E-state index in [2.05, 4.69) is 6.58 Å². The number of carbonyl (C=O) groups excluding carboxylic acids is 1. The topological polar surface area (TPSA) is 20.3 Å². The van der Waals surface area contributed by atoms with Crippen LogP contribution in [0.5, 0.6) is 0 Å². The van der Waals surface area contributed by atoms with Crippen molar-refractivity contribution in [2.75, 3.05) is 11.4 Å². The fraction of sp³-hybridized carbons (Fsp3) is 0.250. The van der Waals surface area contributed by atoms with Gasteiger partial charge in [0, 0.05) is 19.2 Å². The third-order valence-corrected chi connectivity index (χ3v) is 2.10. The highest BCUT2D eigenvalue weighted by atomic mass is 16.2. The van der Waals surface area contributed by atoms with E-state index in [0.717, 1.165) is 11.3 Å². The lowest BCUT2D eigenvalue weighted by molar-refractivity contribution is -0.116. The molecule has 0 fully saturated rings. The molecule has 14 heavy (non-hydrogen) atoms. The van der Waals surface area contributed by atoms with Crippen LogP contribution < -0.4 is 4.90 Å². The maximum absolute atomic E-state index is 11.4. The number of benzene rings is 1. The van der Waals surface area contributed by atoms with Crippen molar-refractivity contribution in [1.82, 2.24) is 0 Å². The van der Waals surface area contributed by atoms with Gasteiger partial charge in [-0.25, -0.2) is 0 Å². The summed E-state index contributed by atoms with van der Waals surface area (Å²) in [6, 6.07) is 7.83. The molecule has 1 rings (SSSR count). The van der Waals surface area contributed by atoms with E-state index in [9.17, 15) is 4.79 Å². The van der Waals surface area contributed by atoms with Gasteiger partial charge in [0.05, 0.1) is 0 Å². The van der Waals surface area contributed by atoms with E-state index in [1.807, 2.05) is 31.2 Å². The maximum atomic E-state index is 11.4. The number of hydrogen-bond donors (Lipinski definition) is 0. The summed E-state index contributed by atoms with van der Waals surface area (Å²) in [5.41, 5.74) is 2.06. The Morgan fingerprint density at radius 2 is 2.14 bits per heavy atom. The van der Waals surface area contributed by atoms with E-state index in [1.165, 1.54) is 0 Å². The van der Waals surface area contributed by atoms with Crippen LogP contribution in [-0.4, -0.2) is 12.5 Å². The lowest BCUT2D eigenvalue weighted by Gasteiger charge is -2.21. The van der Waals surface area contributed by atoms with E-state index >= 15 is 0 Å². The summed E-state index contributed by atoms with van der Waals surface area (Å²) in [4.78, 5) is 13.1. The first kappa shape index (κ1) is 10.5. The normalized spacial score (nSPS) is 9.57. The summed E-state index contributed by atoms with van der Waals surface area (Å²) in [5.74, 6) is 0.0409. The molecule has 0 saturated heterocycles. The van der Waals surface area contributed by atoms with Crippen LogP contribution in [0.15, 0.2) is 36.9 Å². The highest BCUT2D eigenvalue weighted by Gasteiger charge is 2.10. The second kappa shape index (κ2) is 4.61. The van der Waals surface area contributed by atoms with Crippen molar-refractivity contribution in [2.45, 2.75) is 13.8 Å². The number of para-hydroxylation sites is 1. The van der Waals surface area contributed by atoms with Gasteiger partial charge in [-0.1, -0.05) is 24.3 Å². The molecule has 0 aliphatic carbocycles. The maximum Gasteiger partial charge on any atom is 0.224 e. The van der Waals surface area contributed by atoms with Gasteiger partial charge in [0.2, 0.25) is 5.91 Å². The lowest BCUT2D eigenvalue weighted by atomic mass is 10.2. The van der Waals surface area contributed by atoms with Gasteiger partial charge in [-0.05, 0) is 18.6 Å². The average Bonchev–Trinajstić information content (AvgIpc) is 2.15. The molecule has 0 unspecified atom stereocenters. The van der Waals surface area contributed by atoms with E-state index in [4.69, 9.17) is 0 Å². The minimum atomic E-state index is 0.0409. The quantitative estimate of drug-likeness (QED) is 0.669. The predicted octanol–water partition coefficient (Wildman–Crippen LogP) is 2.53. The van der Waals surface area contributed by atoms with Crippen molar-refractivity contribution in [3.05, 3.63) is 42.5 Å². The molecule has 0 atom stereocenters. The fourth-order valence-electron chi connectivity index (χ4n) is 1.39. The summed E-state index contributed by atoms with van der Waals surface area (Å²) in [7, 11) is 0. The molecule has 2 nitrogen and oxygen atoms in total. The molecule has 0 N–H and O–H groups in total. The van der Waals surface area contributed by atoms with Crippen LogP contribution in [0, 0.1) is 6.92 Å². The number of nitrogens with zero attached hydrogens (tertiary/aromatic N) is 1. The van der Waals surface area contributed by atoms with Crippen LogP contribution in [0.3, 0.4) is 0 Å². The van der Waals surface area contributed by atoms with Crippen molar-refractivity contribution in [3.8, 4) is 0 Å². The van der Waals surface area contributed by atoms with Gasteiger partial charge in [0.15, 0.2) is 0 Å². The van der Waals surface area contributed by atoms with Gasteiger partial charge >= 0.3 is 0 Å². The van der Waals surface area contributed by atoms with Crippen molar-refractivity contribution < 1.29 is 4.79 Å². The number of amides is 1. The Balaban J connectivity index is 3.04. The summed E-state index contributed by atoms with van der Waals surface area (Å²) in [6.07, 6.45) is 1.73. The van der Waals surface area contributed by atoms with Crippen molar-refractivity contribution in [2.24, 2.45) is 0 Å². The molecule has 0 radical (unpaired) electrons. The predicted molar refractivity (Wildman–Crippen MR) is 59.4 cm³/mol. The molecular formula is C12H15NO. The smallest absolute Gasteiger partial charge is 0.224 e. The van der Waals surface area contributed by atoms with E-state index in [-0.39, 0.29) is 5.91 Å². The molecule has 0 bridgehead atoms. The Morgan fingerprint density at radius 3 is 2.64 bits per heavy atom. The van der Waals surface area contributed by atoms with Gasteiger partial charge < -0.3 is 4.90 Å². The highest BCUT2D eigenvalue weighted by molar-refractivity contribution is 5.92. The molecule has 1 aromatic carbocycles. The van der Waals surface area contributed by atoms with Gasteiger partial charge in [-0.3, -0.25) is 4.79 Å². The summed E-state index contributed by atoms with van der Waals surface area (Å²) in [6.45, 7) is 7.76. The Kier molecular flexibility index (Phi) is 3.46. The van der Waals surface area contributed by atoms with Crippen molar-refractivity contribution in [1.29, 1.82) is 0 Å². The largest absolute Gasteiger partial charge is 0.309 e. The van der Waals surface area contributed by atoms with Gasteiger partial charge in [-0.2, -0.15) is 0 Å². The lowest BCUT2D eigenvalue weighted by Crippen LogP contribution is -2.28. The summed E-state index contributed by atoms with van der Waals surface area (Å²) < 4.78 is 0. The molecule has 0 saturated carbocycles. The molecule has 0 spiro atoms. The Bertz CT molecular complexity index is 344. The first-order valence-electron chi connectivity index (χ1n) is 4.61. The highest BCUT2D eigenvalue weighted by Crippen LogP contribution is 2.19. The van der Waals surface area contributed by atoms with Gasteiger partial charge in [-0.15, -0.1) is 6.58 Å². The zero-order valence-corrected chi connectivity index (χ0v) is 8.66. The number of aryl methyl sites for hydroxylation is 1. The molecule has 74 valence electrons. The van der Waals surface area contributed by atoms with E-state index < -0.39 is 0 Å². The van der Waals surface area contributed by atoms with Crippen LogP contribution in [0.25, 0.3) is 0 Å². The Morgan fingerprint density at radius 1 is 1.50 bits per heavy atom. The third-order valence-electron chi connectivity index (χ3n) is 2.10. The molecule has 1 aromatic rings. The first-order chi connectivity index (χ1) is 6.66. The van der Waals surface area contributed by atoms with Crippen LogP contribution in [0.2, 0.25) is 0 Å². The minimum Gasteiger partial charge on any atom is -0.309 e. The molecular weight excluding hydrogens is 174 g/mol. The second-order valence-corrected chi connectivity index (χ2v) is 3.20. The Hall–Kier alpha value is -1.57. The number of hydrogen-bond acceptors (Lipinski definition) is 1. The summed E-state index contributed by atoms with van der Waals surface area (Å²) >= 11 is 0. The van der Waals surface area contributed by atoms with Gasteiger partial charge in [0.25, 0.3) is 0 Å². The second-order valence-electron chi connectivity index (χ2n) is 3.20. The standard InChI is InChI=1S/C12H15NO/c1-4-9-13(11(3)14)12-8-6-5-7-10(12)2/h4-8H,1,9H2,2-3H3. The molecule has 0 heterocycles. The average molecular weight is 189 g/mol. The molecule has 1 amide bonds.